The van der Waals surface area contributed by atoms with Gasteiger partial charge < -0.3 is 15.5 Å². The molecule has 1 fully saturated rings. The Morgan fingerprint density at radius 2 is 2.33 bits per heavy atom. The van der Waals surface area contributed by atoms with Crippen LogP contribution in [0.3, 0.4) is 0 Å². The first-order chi connectivity index (χ1) is 10.1. The maximum atomic E-state index is 12.0. The van der Waals surface area contributed by atoms with Gasteiger partial charge in [0.25, 0.3) is 0 Å². The predicted molar refractivity (Wildman–Crippen MR) is 90.6 cm³/mol. The molecular formula is C15H20ClN3OS. The molecule has 1 saturated heterocycles. The Morgan fingerprint density at radius 3 is 3.00 bits per heavy atom. The summed E-state index contributed by atoms with van der Waals surface area (Å²) in [5, 5.41) is 6.86. The zero-order chi connectivity index (χ0) is 15.0. The van der Waals surface area contributed by atoms with E-state index in [9.17, 15) is 4.79 Å². The van der Waals surface area contributed by atoms with Gasteiger partial charge >= 0.3 is 0 Å². The fourth-order valence-electron chi connectivity index (χ4n) is 2.97. The van der Waals surface area contributed by atoms with E-state index in [1.165, 1.54) is 12.2 Å². The molecule has 2 heterocycles. The van der Waals surface area contributed by atoms with E-state index in [-0.39, 0.29) is 11.9 Å². The molecule has 1 amide bonds. The van der Waals surface area contributed by atoms with Gasteiger partial charge in [-0.05, 0) is 30.9 Å². The smallest absolute Gasteiger partial charge is 0.246 e. The molecule has 1 aromatic carbocycles. The highest BCUT2D eigenvalue weighted by molar-refractivity contribution is 7.99. The lowest BCUT2D eigenvalue weighted by atomic mass is 10.1. The van der Waals surface area contributed by atoms with Crippen LogP contribution in [0.5, 0.6) is 0 Å². The number of likely N-dealkylation sites (N-methyl/N-ethyl adjacent to an activating group) is 1. The van der Waals surface area contributed by atoms with Crippen LogP contribution in [-0.2, 0) is 4.79 Å². The van der Waals surface area contributed by atoms with Gasteiger partial charge in [0.1, 0.15) is 6.04 Å². The summed E-state index contributed by atoms with van der Waals surface area (Å²) in [5.74, 6) is 2.34. The first-order valence-electron chi connectivity index (χ1n) is 7.30. The largest absolute Gasteiger partial charge is 0.369 e. The molecule has 0 aliphatic carbocycles. The topological polar surface area (TPSA) is 44.4 Å². The van der Waals surface area contributed by atoms with E-state index in [1.807, 2.05) is 30.8 Å². The molecular weight excluding hydrogens is 306 g/mol. The van der Waals surface area contributed by atoms with Crippen molar-refractivity contribution in [3.05, 3.63) is 22.7 Å². The van der Waals surface area contributed by atoms with Crippen molar-refractivity contribution in [2.24, 2.45) is 0 Å². The number of benzene rings is 1. The van der Waals surface area contributed by atoms with Crippen LogP contribution in [-0.4, -0.2) is 37.0 Å². The molecule has 6 heteroatoms. The summed E-state index contributed by atoms with van der Waals surface area (Å²) in [4.78, 5) is 14.3. The first kappa shape index (κ1) is 15.0. The normalized spacial score (nSPS) is 24.0. The van der Waals surface area contributed by atoms with Gasteiger partial charge in [-0.15, -0.1) is 0 Å². The van der Waals surface area contributed by atoms with E-state index in [0.29, 0.717) is 11.1 Å². The lowest BCUT2D eigenvalue weighted by molar-refractivity contribution is -0.117. The van der Waals surface area contributed by atoms with Crippen LogP contribution >= 0.6 is 23.4 Å². The molecule has 2 aliphatic rings. The predicted octanol–water partition coefficient (Wildman–Crippen LogP) is 2.88. The van der Waals surface area contributed by atoms with Gasteiger partial charge in [0.15, 0.2) is 0 Å². The van der Waals surface area contributed by atoms with Crippen molar-refractivity contribution in [3.63, 3.8) is 0 Å². The second kappa shape index (κ2) is 6.07. The SMILES string of the molecule is CCNC1C(=O)Nc2cc(N(C)C3CCSC3)c(Cl)cc21. The monoisotopic (exact) mass is 325 g/mol. The average Bonchev–Trinajstić information content (AvgIpc) is 3.08. The molecule has 2 N–H and O–H groups in total. The number of nitrogens with one attached hydrogen (secondary N) is 2. The fourth-order valence-corrected chi connectivity index (χ4v) is 4.54. The Bertz CT molecular complexity index is 560. The van der Waals surface area contributed by atoms with Crippen LogP contribution in [0.2, 0.25) is 5.02 Å². The van der Waals surface area contributed by atoms with Crippen LogP contribution < -0.4 is 15.5 Å². The zero-order valence-corrected chi connectivity index (χ0v) is 13.9. The van der Waals surface area contributed by atoms with Crippen LogP contribution in [0.4, 0.5) is 11.4 Å². The molecule has 0 radical (unpaired) electrons. The van der Waals surface area contributed by atoms with Gasteiger partial charge in [-0.3, -0.25) is 4.79 Å². The van der Waals surface area contributed by atoms with E-state index in [0.717, 1.165) is 29.2 Å². The maximum Gasteiger partial charge on any atom is 0.246 e. The fraction of sp³-hybridized carbons (Fsp3) is 0.533. The Labute approximate surface area is 134 Å². The summed E-state index contributed by atoms with van der Waals surface area (Å²) in [7, 11) is 2.09. The van der Waals surface area contributed by atoms with E-state index < -0.39 is 0 Å². The number of nitrogens with zero attached hydrogens (tertiary/aromatic N) is 1. The standard InChI is InChI=1S/C15H20ClN3OS/c1-3-17-14-10-6-11(16)13(7-12(10)18-15(14)20)19(2)9-4-5-21-8-9/h6-7,9,14,17H,3-5,8H2,1-2H3,(H,18,20). The molecule has 4 nitrogen and oxygen atoms in total. The highest BCUT2D eigenvalue weighted by atomic mass is 35.5. The molecule has 3 rings (SSSR count). The number of anilines is 2. The number of halogens is 1. The highest BCUT2D eigenvalue weighted by Crippen LogP contribution is 2.40. The van der Waals surface area contributed by atoms with Crippen molar-refractivity contribution < 1.29 is 4.79 Å². The number of thioether (sulfide) groups is 1. The van der Waals surface area contributed by atoms with E-state index in [1.54, 1.807) is 0 Å². The second-order valence-corrected chi connectivity index (χ2v) is 7.06. The molecule has 2 unspecified atom stereocenters. The third kappa shape index (κ3) is 2.74. The van der Waals surface area contributed by atoms with Crippen molar-refractivity contribution >= 4 is 40.6 Å². The van der Waals surface area contributed by atoms with Gasteiger partial charge in [0.2, 0.25) is 5.91 Å². The van der Waals surface area contributed by atoms with Gasteiger partial charge in [-0.25, -0.2) is 0 Å². The van der Waals surface area contributed by atoms with Crippen LogP contribution in [0, 0.1) is 0 Å². The number of carbonyl (C=O) groups is 1. The third-order valence-electron chi connectivity index (χ3n) is 4.19. The number of fused-ring (bicyclic) bond motifs is 1. The summed E-state index contributed by atoms with van der Waals surface area (Å²) >= 11 is 8.46. The summed E-state index contributed by atoms with van der Waals surface area (Å²) < 4.78 is 0. The van der Waals surface area contributed by atoms with Crippen molar-refractivity contribution in [2.45, 2.75) is 25.4 Å². The molecule has 1 aromatic rings. The van der Waals surface area contributed by atoms with Crippen molar-refractivity contribution in [1.29, 1.82) is 0 Å². The molecule has 21 heavy (non-hydrogen) atoms. The van der Waals surface area contributed by atoms with Gasteiger partial charge in [0.05, 0.1) is 10.7 Å². The van der Waals surface area contributed by atoms with Crippen LogP contribution in [0.1, 0.15) is 24.9 Å². The number of amides is 1. The summed E-state index contributed by atoms with van der Waals surface area (Å²) in [6.45, 7) is 2.74. The Hall–Kier alpha value is -0.910. The zero-order valence-electron chi connectivity index (χ0n) is 12.3. The van der Waals surface area contributed by atoms with Gasteiger partial charge in [-0.2, -0.15) is 11.8 Å². The second-order valence-electron chi connectivity index (χ2n) is 5.50. The maximum absolute atomic E-state index is 12.0. The molecule has 0 aromatic heterocycles. The minimum Gasteiger partial charge on any atom is -0.369 e. The van der Waals surface area contributed by atoms with Crippen LogP contribution in [0.15, 0.2) is 12.1 Å². The van der Waals surface area contributed by atoms with Crippen LogP contribution in [0.25, 0.3) is 0 Å². The van der Waals surface area contributed by atoms with E-state index >= 15 is 0 Å². The van der Waals surface area contributed by atoms with Gasteiger partial charge in [0, 0.05) is 30.1 Å². The van der Waals surface area contributed by atoms with Crippen molar-refractivity contribution in [3.8, 4) is 0 Å². The first-order valence-corrected chi connectivity index (χ1v) is 8.83. The van der Waals surface area contributed by atoms with E-state index in [4.69, 9.17) is 11.6 Å². The Balaban J connectivity index is 1.92. The van der Waals surface area contributed by atoms with Crippen molar-refractivity contribution in [1.82, 2.24) is 5.32 Å². The number of rotatable bonds is 4. The number of carbonyl (C=O) groups excluding carboxylic acids is 1. The quantitative estimate of drug-likeness (QED) is 0.893. The lowest BCUT2D eigenvalue weighted by Crippen LogP contribution is -2.31. The third-order valence-corrected chi connectivity index (χ3v) is 5.64. The average molecular weight is 326 g/mol. The molecule has 0 bridgehead atoms. The Morgan fingerprint density at radius 1 is 1.52 bits per heavy atom. The summed E-state index contributed by atoms with van der Waals surface area (Å²) in [5.41, 5.74) is 2.83. The summed E-state index contributed by atoms with van der Waals surface area (Å²) in [6.07, 6.45) is 1.18. The molecule has 114 valence electrons. The summed E-state index contributed by atoms with van der Waals surface area (Å²) in [6, 6.07) is 4.17. The minimum absolute atomic E-state index is 0.000795. The van der Waals surface area contributed by atoms with Crippen molar-refractivity contribution in [2.75, 3.05) is 35.3 Å². The number of hydrogen-bond acceptors (Lipinski definition) is 4. The number of hydrogen-bond donors (Lipinski definition) is 2. The lowest BCUT2D eigenvalue weighted by Gasteiger charge is -2.27. The molecule has 0 saturated carbocycles. The Kier molecular flexibility index (Phi) is 4.33. The molecule has 2 aliphatic heterocycles. The minimum atomic E-state index is -0.288. The molecule has 0 spiro atoms. The van der Waals surface area contributed by atoms with E-state index in [2.05, 4.69) is 22.6 Å². The highest BCUT2D eigenvalue weighted by Gasteiger charge is 2.32. The van der Waals surface area contributed by atoms with Gasteiger partial charge in [-0.1, -0.05) is 18.5 Å². The molecule has 2 atom stereocenters.